The van der Waals surface area contributed by atoms with E-state index in [1.54, 1.807) is 6.07 Å². The van der Waals surface area contributed by atoms with Crippen LogP contribution in [0.1, 0.15) is 5.56 Å². The van der Waals surface area contributed by atoms with E-state index in [-0.39, 0.29) is 47.3 Å². The Morgan fingerprint density at radius 1 is 1.41 bits per heavy atom. The SMILES string of the molecule is O=C(C[S-])NC[C@H]1CN(Cc2ccc(Cl)c(Cl)c2)CCO1.[Na+]. The molecule has 1 aromatic carbocycles. The number of carbonyl (C=O) groups is 1. The Labute approximate surface area is 168 Å². The van der Waals surface area contributed by atoms with Crippen molar-refractivity contribution in [3.8, 4) is 0 Å². The molecule has 1 saturated heterocycles. The number of rotatable bonds is 5. The van der Waals surface area contributed by atoms with Gasteiger partial charge in [-0.25, -0.2) is 0 Å². The first kappa shape index (κ1) is 20.6. The number of halogens is 2. The van der Waals surface area contributed by atoms with E-state index in [4.69, 9.17) is 27.9 Å². The van der Waals surface area contributed by atoms with Gasteiger partial charge in [-0.1, -0.05) is 35.0 Å². The topological polar surface area (TPSA) is 41.6 Å². The Morgan fingerprint density at radius 3 is 2.86 bits per heavy atom. The van der Waals surface area contributed by atoms with Crippen LogP contribution in [0.2, 0.25) is 10.0 Å². The molecule has 0 aromatic heterocycles. The molecule has 1 heterocycles. The first-order valence-corrected chi connectivity index (χ1v) is 8.04. The molecule has 1 aromatic rings. The third-order valence-electron chi connectivity index (χ3n) is 3.27. The molecule has 1 fully saturated rings. The zero-order valence-electron chi connectivity index (χ0n) is 12.5. The van der Waals surface area contributed by atoms with Crippen molar-refractivity contribution in [2.75, 3.05) is 32.0 Å². The molecule has 1 aliphatic rings. The largest absolute Gasteiger partial charge is 1.00 e. The summed E-state index contributed by atoms with van der Waals surface area (Å²) >= 11 is 16.6. The maximum absolute atomic E-state index is 11.2. The summed E-state index contributed by atoms with van der Waals surface area (Å²) in [6.45, 7) is 3.54. The number of hydrogen-bond donors (Lipinski definition) is 1. The molecular weight excluding hydrogens is 354 g/mol. The molecule has 0 unspecified atom stereocenters. The van der Waals surface area contributed by atoms with Gasteiger partial charge in [0, 0.05) is 26.2 Å². The normalized spacial score (nSPS) is 18.6. The maximum Gasteiger partial charge on any atom is 1.00 e. The Hall–Kier alpha value is 0.540. The summed E-state index contributed by atoms with van der Waals surface area (Å²) < 4.78 is 5.65. The predicted octanol–water partition coefficient (Wildman–Crippen LogP) is -1.14. The number of benzene rings is 1. The molecule has 0 aliphatic carbocycles. The molecule has 1 aliphatic heterocycles. The molecule has 1 atom stereocenters. The van der Waals surface area contributed by atoms with Crippen molar-refractivity contribution in [1.82, 2.24) is 10.2 Å². The number of morpholine rings is 1. The van der Waals surface area contributed by atoms with Crippen LogP contribution in [0.15, 0.2) is 18.2 Å². The summed E-state index contributed by atoms with van der Waals surface area (Å²) in [5.41, 5.74) is 1.11. The van der Waals surface area contributed by atoms with Gasteiger partial charge < -0.3 is 22.7 Å². The fraction of sp³-hybridized carbons (Fsp3) is 0.500. The van der Waals surface area contributed by atoms with E-state index in [0.29, 0.717) is 23.2 Å². The molecule has 2 rings (SSSR count). The van der Waals surface area contributed by atoms with Crippen LogP contribution in [-0.2, 0) is 28.7 Å². The molecule has 1 N–H and O–H groups in total. The number of ether oxygens (including phenoxy) is 1. The van der Waals surface area contributed by atoms with Gasteiger partial charge >= 0.3 is 29.6 Å². The van der Waals surface area contributed by atoms with Gasteiger partial charge in [0.25, 0.3) is 0 Å². The van der Waals surface area contributed by atoms with E-state index in [1.165, 1.54) is 0 Å². The molecule has 0 radical (unpaired) electrons. The van der Waals surface area contributed by atoms with E-state index in [2.05, 4.69) is 22.8 Å². The molecule has 22 heavy (non-hydrogen) atoms. The number of carbonyl (C=O) groups excluding carboxylic acids is 1. The Bertz CT molecular complexity index is 508. The number of hydrogen-bond acceptors (Lipinski definition) is 4. The standard InChI is InChI=1S/C14H18Cl2N2O2S.Na/c15-12-2-1-10(5-13(12)16)7-18-3-4-20-11(8-18)6-17-14(19)9-21;/h1-2,5,11,21H,3-4,6-9H2,(H,17,19);/q;+1/p-1/t11-;/m0./s1. The maximum atomic E-state index is 11.2. The minimum absolute atomic E-state index is 0. The van der Waals surface area contributed by atoms with Gasteiger partial charge in [-0.05, 0) is 17.7 Å². The number of amides is 1. The second kappa shape index (κ2) is 10.4. The van der Waals surface area contributed by atoms with Crippen LogP contribution >= 0.6 is 23.2 Å². The van der Waals surface area contributed by atoms with E-state index in [0.717, 1.165) is 25.2 Å². The Morgan fingerprint density at radius 2 is 2.18 bits per heavy atom. The number of nitrogens with zero attached hydrogens (tertiary/aromatic N) is 1. The van der Waals surface area contributed by atoms with Crippen LogP contribution in [0, 0.1) is 0 Å². The summed E-state index contributed by atoms with van der Waals surface area (Å²) in [4.78, 5) is 13.5. The van der Waals surface area contributed by atoms with E-state index >= 15 is 0 Å². The van der Waals surface area contributed by atoms with Crippen molar-refractivity contribution in [2.24, 2.45) is 0 Å². The zero-order chi connectivity index (χ0) is 15.2. The van der Waals surface area contributed by atoms with Crippen molar-refractivity contribution in [1.29, 1.82) is 0 Å². The molecule has 0 bridgehead atoms. The van der Waals surface area contributed by atoms with Crippen molar-refractivity contribution >= 4 is 41.7 Å². The van der Waals surface area contributed by atoms with Crippen molar-refractivity contribution in [3.05, 3.63) is 33.8 Å². The van der Waals surface area contributed by atoms with Gasteiger partial charge in [-0.2, -0.15) is 0 Å². The van der Waals surface area contributed by atoms with Crippen LogP contribution in [0.3, 0.4) is 0 Å². The quantitative estimate of drug-likeness (QED) is 0.525. The predicted molar refractivity (Wildman–Crippen MR) is 86.7 cm³/mol. The average molecular weight is 371 g/mol. The van der Waals surface area contributed by atoms with Gasteiger partial charge in [0.1, 0.15) is 0 Å². The van der Waals surface area contributed by atoms with Gasteiger partial charge in [-0.15, -0.1) is 0 Å². The monoisotopic (exact) mass is 370 g/mol. The molecule has 1 amide bonds. The third kappa shape index (κ3) is 6.57. The summed E-state index contributed by atoms with van der Waals surface area (Å²) in [5, 5.41) is 3.90. The van der Waals surface area contributed by atoms with Crippen LogP contribution in [0.4, 0.5) is 0 Å². The van der Waals surface area contributed by atoms with Crippen molar-refractivity contribution < 1.29 is 39.1 Å². The third-order valence-corrected chi connectivity index (χ3v) is 4.27. The second-order valence-electron chi connectivity index (χ2n) is 4.92. The zero-order valence-corrected chi connectivity index (χ0v) is 16.8. The second-order valence-corrected chi connectivity index (χ2v) is 6.03. The van der Waals surface area contributed by atoms with Crippen LogP contribution in [0.25, 0.3) is 0 Å². The fourth-order valence-corrected chi connectivity index (χ4v) is 2.65. The molecule has 4 nitrogen and oxygen atoms in total. The van der Waals surface area contributed by atoms with Gasteiger partial charge in [0.2, 0.25) is 0 Å². The van der Waals surface area contributed by atoms with Gasteiger partial charge in [0.05, 0.1) is 22.8 Å². The minimum atomic E-state index is -0.129. The average Bonchev–Trinajstić information content (AvgIpc) is 2.49. The Balaban J connectivity index is 0.00000242. The van der Waals surface area contributed by atoms with E-state index in [1.807, 2.05) is 12.1 Å². The van der Waals surface area contributed by atoms with Gasteiger partial charge in [-0.3, -0.25) is 9.69 Å². The molecular formula is C14H17Cl2N2NaO2S. The van der Waals surface area contributed by atoms with E-state index in [9.17, 15) is 4.79 Å². The van der Waals surface area contributed by atoms with Crippen LogP contribution in [-0.4, -0.2) is 48.9 Å². The van der Waals surface area contributed by atoms with Crippen molar-refractivity contribution in [3.63, 3.8) is 0 Å². The summed E-state index contributed by atoms with van der Waals surface area (Å²) in [6.07, 6.45) is -0.00739. The molecule has 0 spiro atoms. The number of nitrogens with one attached hydrogen (secondary N) is 1. The molecule has 0 saturated carbocycles. The Kier molecular flexibility index (Phi) is 9.74. The van der Waals surface area contributed by atoms with E-state index < -0.39 is 0 Å². The summed E-state index contributed by atoms with van der Waals surface area (Å²) in [5.74, 6) is -0.0464. The van der Waals surface area contributed by atoms with Crippen LogP contribution in [0.5, 0.6) is 0 Å². The smallest absolute Gasteiger partial charge is 0.783 e. The van der Waals surface area contributed by atoms with Crippen LogP contribution < -0.4 is 34.9 Å². The first-order chi connectivity index (χ1) is 10.1. The van der Waals surface area contributed by atoms with Crippen molar-refractivity contribution in [2.45, 2.75) is 12.6 Å². The molecule has 116 valence electrons. The summed E-state index contributed by atoms with van der Waals surface area (Å²) in [7, 11) is 0. The minimum Gasteiger partial charge on any atom is -0.783 e. The molecule has 8 heteroatoms. The summed E-state index contributed by atoms with van der Waals surface area (Å²) in [6, 6.07) is 5.66. The fourth-order valence-electron chi connectivity index (χ4n) is 2.22. The van der Waals surface area contributed by atoms with Gasteiger partial charge in [0.15, 0.2) is 5.91 Å². The first-order valence-electron chi connectivity index (χ1n) is 6.71.